The van der Waals surface area contributed by atoms with Gasteiger partial charge in [0.1, 0.15) is 0 Å². The van der Waals surface area contributed by atoms with Crippen molar-refractivity contribution >= 4 is 29.8 Å². The van der Waals surface area contributed by atoms with E-state index >= 15 is 0 Å². The summed E-state index contributed by atoms with van der Waals surface area (Å²) in [5.74, 6) is -1.58. The highest BCUT2D eigenvalue weighted by Crippen LogP contribution is 2.27. The van der Waals surface area contributed by atoms with E-state index in [0.29, 0.717) is 24.1 Å². The summed E-state index contributed by atoms with van der Waals surface area (Å²) in [7, 11) is 0. The van der Waals surface area contributed by atoms with Crippen LogP contribution >= 0.6 is 0 Å². The van der Waals surface area contributed by atoms with Crippen molar-refractivity contribution in [2.75, 3.05) is 16.4 Å². The molecule has 0 amide bonds. The second-order valence-corrected chi connectivity index (χ2v) is 6.77. The van der Waals surface area contributed by atoms with Crippen LogP contribution in [0.5, 0.6) is 0 Å². The summed E-state index contributed by atoms with van der Waals surface area (Å²) in [5.41, 5.74) is 12.7. The van der Waals surface area contributed by atoms with E-state index in [1.54, 1.807) is 0 Å². The molecule has 30 heavy (non-hydrogen) atoms. The van der Waals surface area contributed by atoms with Crippen molar-refractivity contribution in [2.24, 2.45) is 0 Å². The number of nitrogens with two attached hydrogens (primary N) is 2. The maximum Gasteiger partial charge on any atom is 0.328 e. The van der Waals surface area contributed by atoms with Gasteiger partial charge in [-0.05, 0) is 18.4 Å². The average Bonchev–Trinajstić information content (AvgIpc) is 2.72. The number of hydrogen-bond acceptors (Lipinski definition) is 8. The van der Waals surface area contributed by atoms with Crippen molar-refractivity contribution in [1.29, 1.82) is 0 Å². The molecule has 6 N–H and O–H groups in total. The number of nitrogens with zero attached hydrogens (tertiary/aromatic N) is 4. The Balaban J connectivity index is 0.000000343. The summed E-state index contributed by atoms with van der Waals surface area (Å²) in [6.07, 6.45) is 7.20. The van der Waals surface area contributed by atoms with E-state index in [-0.39, 0.29) is 11.9 Å². The van der Waals surface area contributed by atoms with Crippen LogP contribution in [0.1, 0.15) is 37.7 Å². The molecule has 0 spiro atoms. The fourth-order valence-corrected chi connectivity index (χ4v) is 3.20. The zero-order valence-corrected chi connectivity index (χ0v) is 16.5. The van der Waals surface area contributed by atoms with Crippen LogP contribution in [0.4, 0.5) is 17.8 Å². The summed E-state index contributed by atoms with van der Waals surface area (Å²) in [6.45, 7) is 0.758. The molecule has 0 radical (unpaired) electrons. The Kier molecular flexibility index (Phi) is 8.55. The standard InChI is InChI=1S/C16H22N6.C4H4O4/c17-14-19-15(18)21-16(20-14)22(13-9-5-2-6-10-13)11-12-7-3-1-4-8-12;5-3(6)1-2-4(7)8/h1,3-4,7-8,13H,2,5-6,9-11H2,(H4,17,18,19,20,21);1-2H,(H,5,6)(H,7,8)/b;2-1-. The smallest absolute Gasteiger partial charge is 0.328 e. The number of benzene rings is 1. The van der Waals surface area contributed by atoms with Gasteiger partial charge in [0.2, 0.25) is 17.8 Å². The van der Waals surface area contributed by atoms with Gasteiger partial charge in [0.25, 0.3) is 0 Å². The number of carbonyl (C=O) groups is 2. The lowest BCUT2D eigenvalue weighted by Crippen LogP contribution is -2.38. The SMILES string of the molecule is Nc1nc(N)nc(N(Cc2ccccc2)C2CCCCC2)n1.O=C(O)/C=C\C(=O)O. The second-order valence-electron chi connectivity index (χ2n) is 6.77. The van der Waals surface area contributed by atoms with Crippen LogP contribution in [0, 0.1) is 0 Å². The molecule has 1 fully saturated rings. The highest BCUT2D eigenvalue weighted by molar-refractivity contribution is 5.89. The first kappa shape index (κ1) is 22.6. The van der Waals surface area contributed by atoms with Gasteiger partial charge in [0.15, 0.2) is 0 Å². The fourth-order valence-electron chi connectivity index (χ4n) is 3.20. The number of carboxylic acid groups (broad SMARTS) is 2. The number of nitrogen functional groups attached to an aromatic ring is 2. The second kappa shape index (κ2) is 11.3. The van der Waals surface area contributed by atoms with Crippen LogP contribution < -0.4 is 16.4 Å². The van der Waals surface area contributed by atoms with E-state index in [4.69, 9.17) is 21.7 Å². The minimum absolute atomic E-state index is 0.177. The van der Waals surface area contributed by atoms with Crippen LogP contribution in [0.3, 0.4) is 0 Å². The molecule has 1 aliphatic carbocycles. The number of aromatic nitrogens is 3. The topological polar surface area (TPSA) is 169 Å². The molecule has 0 saturated heterocycles. The van der Waals surface area contributed by atoms with E-state index in [0.717, 1.165) is 19.4 Å². The predicted octanol–water partition coefficient (Wildman–Crippen LogP) is 2.09. The van der Waals surface area contributed by atoms with E-state index < -0.39 is 11.9 Å². The number of anilines is 3. The third-order valence-electron chi connectivity index (χ3n) is 4.49. The molecule has 2 aromatic rings. The van der Waals surface area contributed by atoms with E-state index in [2.05, 4.69) is 32.0 Å². The first-order valence-electron chi connectivity index (χ1n) is 9.56. The number of hydrogen-bond donors (Lipinski definition) is 4. The molecule has 0 atom stereocenters. The zero-order chi connectivity index (χ0) is 21.9. The van der Waals surface area contributed by atoms with Crippen LogP contribution in [-0.4, -0.2) is 43.1 Å². The summed E-state index contributed by atoms with van der Waals surface area (Å²) in [5, 5.41) is 15.6. The Morgan fingerprint density at radius 2 is 1.47 bits per heavy atom. The van der Waals surface area contributed by atoms with Gasteiger partial charge in [-0.3, -0.25) is 0 Å². The summed E-state index contributed by atoms with van der Waals surface area (Å²) in [6, 6.07) is 10.8. The molecule has 0 bridgehead atoms. The number of carboxylic acids is 2. The number of aliphatic carboxylic acids is 2. The van der Waals surface area contributed by atoms with Gasteiger partial charge >= 0.3 is 11.9 Å². The fraction of sp³-hybridized carbons (Fsp3) is 0.350. The molecule has 1 aromatic carbocycles. The highest BCUT2D eigenvalue weighted by atomic mass is 16.4. The quantitative estimate of drug-likeness (QED) is 0.513. The molecule has 0 unspecified atom stereocenters. The summed E-state index contributed by atoms with van der Waals surface area (Å²) >= 11 is 0. The lowest BCUT2D eigenvalue weighted by atomic mass is 9.94. The molecule has 1 aromatic heterocycles. The molecule has 10 heteroatoms. The number of rotatable bonds is 6. The minimum Gasteiger partial charge on any atom is -0.478 e. The van der Waals surface area contributed by atoms with Gasteiger partial charge in [-0.25, -0.2) is 9.59 Å². The maximum absolute atomic E-state index is 9.55. The molecular formula is C20H26N6O4. The minimum atomic E-state index is -1.26. The Labute approximate surface area is 174 Å². The summed E-state index contributed by atoms with van der Waals surface area (Å²) in [4.78, 5) is 33.8. The lowest BCUT2D eigenvalue weighted by Gasteiger charge is -2.34. The zero-order valence-electron chi connectivity index (χ0n) is 16.5. The summed E-state index contributed by atoms with van der Waals surface area (Å²) < 4.78 is 0. The van der Waals surface area contributed by atoms with Crippen LogP contribution in [0.25, 0.3) is 0 Å². The van der Waals surface area contributed by atoms with Gasteiger partial charge in [-0.15, -0.1) is 0 Å². The van der Waals surface area contributed by atoms with Crippen molar-refractivity contribution in [2.45, 2.75) is 44.7 Å². The van der Waals surface area contributed by atoms with Gasteiger partial charge < -0.3 is 26.6 Å². The molecule has 1 heterocycles. The van der Waals surface area contributed by atoms with Gasteiger partial charge in [-0.2, -0.15) is 15.0 Å². The van der Waals surface area contributed by atoms with Gasteiger partial charge in [0, 0.05) is 24.7 Å². The molecule has 0 aliphatic heterocycles. The molecular weight excluding hydrogens is 388 g/mol. The van der Waals surface area contributed by atoms with E-state index in [1.165, 1.54) is 24.8 Å². The van der Waals surface area contributed by atoms with E-state index in [9.17, 15) is 9.59 Å². The highest BCUT2D eigenvalue weighted by Gasteiger charge is 2.24. The third kappa shape index (κ3) is 7.74. The Hall–Kier alpha value is -3.69. The Morgan fingerprint density at radius 1 is 0.933 bits per heavy atom. The largest absolute Gasteiger partial charge is 0.478 e. The average molecular weight is 414 g/mol. The van der Waals surface area contributed by atoms with Crippen LogP contribution in [-0.2, 0) is 16.1 Å². The lowest BCUT2D eigenvalue weighted by molar-refractivity contribution is -0.134. The molecule has 10 nitrogen and oxygen atoms in total. The van der Waals surface area contributed by atoms with Crippen LogP contribution in [0.2, 0.25) is 0 Å². The molecule has 3 rings (SSSR count). The van der Waals surface area contributed by atoms with Crippen molar-refractivity contribution in [3.05, 3.63) is 48.0 Å². The van der Waals surface area contributed by atoms with E-state index in [1.807, 2.05) is 18.2 Å². The van der Waals surface area contributed by atoms with Gasteiger partial charge in [-0.1, -0.05) is 49.6 Å². The first-order valence-corrected chi connectivity index (χ1v) is 9.56. The van der Waals surface area contributed by atoms with Gasteiger partial charge in [0.05, 0.1) is 0 Å². The first-order chi connectivity index (χ1) is 14.3. The Bertz CT molecular complexity index is 833. The van der Waals surface area contributed by atoms with Crippen molar-refractivity contribution in [1.82, 2.24) is 15.0 Å². The Morgan fingerprint density at radius 3 is 1.97 bits per heavy atom. The maximum atomic E-state index is 9.55. The molecule has 160 valence electrons. The monoisotopic (exact) mass is 414 g/mol. The van der Waals surface area contributed by atoms with Crippen molar-refractivity contribution in [3.8, 4) is 0 Å². The van der Waals surface area contributed by atoms with Crippen molar-refractivity contribution < 1.29 is 19.8 Å². The third-order valence-corrected chi connectivity index (χ3v) is 4.49. The molecule has 1 saturated carbocycles. The normalized spacial score (nSPS) is 14.0. The van der Waals surface area contributed by atoms with Crippen LogP contribution in [0.15, 0.2) is 42.5 Å². The van der Waals surface area contributed by atoms with Crippen molar-refractivity contribution in [3.63, 3.8) is 0 Å². The predicted molar refractivity (Wildman–Crippen MR) is 113 cm³/mol. The molecule has 1 aliphatic rings.